The van der Waals surface area contributed by atoms with Crippen LogP contribution in [0.1, 0.15) is 29.3 Å². The van der Waals surface area contributed by atoms with E-state index in [0.717, 1.165) is 18.5 Å². The van der Waals surface area contributed by atoms with Gasteiger partial charge in [-0.3, -0.25) is 0 Å². The van der Waals surface area contributed by atoms with Crippen LogP contribution in [0.2, 0.25) is 0 Å². The van der Waals surface area contributed by atoms with Crippen LogP contribution in [0.3, 0.4) is 0 Å². The Kier molecular flexibility index (Phi) is 4.13. The SMILES string of the molecule is CCCc1ccc(Nc2ncccc2C(=O)O)cc1. The third-order valence-corrected chi connectivity index (χ3v) is 2.79. The van der Waals surface area contributed by atoms with Crippen molar-refractivity contribution >= 4 is 17.5 Å². The number of hydrogen-bond acceptors (Lipinski definition) is 3. The maximum absolute atomic E-state index is 11.1. The molecule has 0 unspecified atom stereocenters. The molecular formula is C15H16N2O2. The highest BCUT2D eigenvalue weighted by molar-refractivity contribution is 5.93. The topological polar surface area (TPSA) is 62.2 Å². The first kappa shape index (κ1) is 13.1. The fraction of sp³-hybridized carbons (Fsp3) is 0.200. The molecule has 2 aromatic rings. The van der Waals surface area contributed by atoms with Crippen LogP contribution >= 0.6 is 0 Å². The summed E-state index contributed by atoms with van der Waals surface area (Å²) in [6, 6.07) is 11.1. The lowest BCUT2D eigenvalue weighted by Gasteiger charge is -2.08. The maximum atomic E-state index is 11.1. The van der Waals surface area contributed by atoms with Gasteiger partial charge in [-0.1, -0.05) is 25.5 Å². The van der Waals surface area contributed by atoms with Crippen molar-refractivity contribution in [2.75, 3.05) is 5.32 Å². The zero-order valence-corrected chi connectivity index (χ0v) is 10.8. The van der Waals surface area contributed by atoms with Gasteiger partial charge in [0.15, 0.2) is 0 Å². The number of hydrogen-bond donors (Lipinski definition) is 2. The van der Waals surface area contributed by atoms with Gasteiger partial charge in [0, 0.05) is 11.9 Å². The van der Waals surface area contributed by atoms with Crippen LogP contribution in [-0.2, 0) is 6.42 Å². The van der Waals surface area contributed by atoms with Gasteiger partial charge in [0.2, 0.25) is 0 Å². The zero-order valence-electron chi connectivity index (χ0n) is 10.8. The minimum atomic E-state index is -0.988. The van der Waals surface area contributed by atoms with Crippen LogP contribution in [0.5, 0.6) is 0 Å². The van der Waals surface area contributed by atoms with Crippen LogP contribution in [-0.4, -0.2) is 16.1 Å². The summed E-state index contributed by atoms with van der Waals surface area (Å²) in [6.45, 7) is 2.14. The smallest absolute Gasteiger partial charge is 0.339 e. The first-order chi connectivity index (χ1) is 9.20. The molecule has 98 valence electrons. The fourth-order valence-corrected chi connectivity index (χ4v) is 1.86. The number of aryl methyl sites for hydroxylation is 1. The Morgan fingerprint density at radius 2 is 2.00 bits per heavy atom. The summed E-state index contributed by atoms with van der Waals surface area (Å²) in [7, 11) is 0. The van der Waals surface area contributed by atoms with E-state index >= 15 is 0 Å². The van der Waals surface area contributed by atoms with Gasteiger partial charge in [0.05, 0.1) is 0 Å². The molecule has 0 aliphatic carbocycles. The van der Waals surface area contributed by atoms with Gasteiger partial charge in [-0.2, -0.15) is 0 Å². The molecule has 0 atom stereocenters. The lowest BCUT2D eigenvalue weighted by Crippen LogP contribution is -2.04. The van der Waals surface area contributed by atoms with Crippen molar-refractivity contribution in [2.45, 2.75) is 19.8 Å². The van der Waals surface area contributed by atoms with Crippen LogP contribution in [0, 0.1) is 0 Å². The Hall–Kier alpha value is -2.36. The van der Waals surface area contributed by atoms with Gasteiger partial charge in [0.1, 0.15) is 11.4 Å². The molecule has 0 aliphatic rings. The molecule has 1 aromatic heterocycles. The van der Waals surface area contributed by atoms with Gasteiger partial charge in [-0.05, 0) is 36.2 Å². The van der Waals surface area contributed by atoms with E-state index in [1.54, 1.807) is 12.3 Å². The number of carboxylic acid groups (broad SMARTS) is 1. The van der Waals surface area contributed by atoms with Gasteiger partial charge < -0.3 is 10.4 Å². The highest BCUT2D eigenvalue weighted by atomic mass is 16.4. The zero-order chi connectivity index (χ0) is 13.7. The van der Waals surface area contributed by atoms with E-state index < -0.39 is 5.97 Å². The number of carboxylic acids is 1. The summed E-state index contributed by atoms with van der Waals surface area (Å²) in [5.74, 6) is -0.628. The molecule has 4 heteroatoms. The van der Waals surface area contributed by atoms with E-state index in [0.29, 0.717) is 5.82 Å². The second-order valence-corrected chi connectivity index (χ2v) is 4.28. The van der Waals surface area contributed by atoms with Crippen molar-refractivity contribution in [1.29, 1.82) is 0 Å². The standard InChI is InChI=1S/C15H16N2O2/c1-2-4-11-6-8-12(9-7-11)17-14-13(15(18)19)5-3-10-16-14/h3,5-10H,2,4H2,1H3,(H,16,17)(H,18,19). The summed E-state index contributed by atoms with van der Waals surface area (Å²) in [5.41, 5.74) is 2.27. The summed E-state index contributed by atoms with van der Waals surface area (Å²) in [5, 5.41) is 12.1. The average molecular weight is 256 g/mol. The van der Waals surface area contributed by atoms with Gasteiger partial charge in [0.25, 0.3) is 0 Å². The first-order valence-electron chi connectivity index (χ1n) is 6.25. The van der Waals surface area contributed by atoms with Crippen molar-refractivity contribution in [3.8, 4) is 0 Å². The molecule has 19 heavy (non-hydrogen) atoms. The highest BCUT2D eigenvalue weighted by Crippen LogP contribution is 2.19. The Labute approximate surface area is 112 Å². The highest BCUT2D eigenvalue weighted by Gasteiger charge is 2.10. The summed E-state index contributed by atoms with van der Waals surface area (Å²) >= 11 is 0. The van der Waals surface area contributed by atoms with Crippen LogP contribution < -0.4 is 5.32 Å². The third kappa shape index (κ3) is 3.31. The number of pyridine rings is 1. The monoisotopic (exact) mass is 256 g/mol. The molecule has 0 saturated heterocycles. The van der Waals surface area contributed by atoms with Gasteiger partial charge in [-0.15, -0.1) is 0 Å². The molecule has 0 aliphatic heterocycles. The summed E-state index contributed by atoms with van der Waals surface area (Å²) < 4.78 is 0. The van der Waals surface area contributed by atoms with Gasteiger partial charge >= 0.3 is 5.97 Å². The number of aromatic nitrogens is 1. The van der Waals surface area contributed by atoms with E-state index in [-0.39, 0.29) is 5.56 Å². The summed E-state index contributed by atoms with van der Waals surface area (Å²) in [6.07, 6.45) is 3.72. The molecule has 0 radical (unpaired) electrons. The van der Waals surface area contributed by atoms with Gasteiger partial charge in [-0.25, -0.2) is 9.78 Å². The third-order valence-electron chi connectivity index (χ3n) is 2.79. The number of nitrogens with one attached hydrogen (secondary N) is 1. The molecule has 2 N–H and O–H groups in total. The Morgan fingerprint density at radius 1 is 1.26 bits per heavy atom. The second kappa shape index (κ2) is 6.00. The van der Waals surface area contributed by atoms with E-state index in [2.05, 4.69) is 17.2 Å². The van der Waals surface area contributed by atoms with Crippen molar-refractivity contribution < 1.29 is 9.90 Å². The minimum absolute atomic E-state index is 0.167. The number of rotatable bonds is 5. The average Bonchev–Trinajstić information content (AvgIpc) is 2.42. The fourth-order valence-electron chi connectivity index (χ4n) is 1.86. The molecule has 0 bridgehead atoms. The lowest BCUT2D eigenvalue weighted by molar-refractivity contribution is 0.0697. The van der Waals surface area contributed by atoms with Crippen LogP contribution in [0.4, 0.5) is 11.5 Å². The van der Waals surface area contributed by atoms with Crippen molar-refractivity contribution in [3.05, 3.63) is 53.7 Å². The first-order valence-corrected chi connectivity index (χ1v) is 6.25. The molecule has 4 nitrogen and oxygen atoms in total. The number of anilines is 2. The number of aromatic carboxylic acids is 1. The Morgan fingerprint density at radius 3 is 2.63 bits per heavy atom. The molecular weight excluding hydrogens is 240 g/mol. The van der Waals surface area contributed by atoms with Crippen LogP contribution in [0.25, 0.3) is 0 Å². The Bertz CT molecular complexity index is 565. The molecule has 1 heterocycles. The maximum Gasteiger partial charge on any atom is 0.339 e. The van der Waals surface area contributed by atoms with E-state index in [1.165, 1.54) is 11.6 Å². The predicted octanol–water partition coefficient (Wildman–Crippen LogP) is 3.48. The second-order valence-electron chi connectivity index (χ2n) is 4.28. The quantitative estimate of drug-likeness (QED) is 0.859. The van der Waals surface area contributed by atoms with E-state index in [9.17, 15) is 4.79 Å². The molecule has 0 fully saturated rings. The van der Waals surface area contributed by atoms with E-state index in [1.807, 2.05) is 24.3 Å². The molecule has 1 aromatic carbocycles. The Balaban J connectivity index is 2.19. The van der Waals surface area contributed by atoms with Crippen molar-refractivity contribution in [3.63, 3.8) is 0 Å². The van der Waals surface area contributed by atoms with Crippen molar-refractivity contribution in [2.24, 2.45) is 0 Å². The normalized spacial score (nSPS) is 10.2. The minimum Gasteiger partial charge on any atom is -0.478 e. The van der Waals surface area contributed by atoms with Crippen molar-refractivity contribution in [1.82, 2.24) is 4.98 Å². The lowest BCUT2D eigenvalue weighted by atomic mass is 10.1. The molecule has 0 spiro atoms. The van der Waals surface area contributed by atoms with E-state index in [4.69, 9.17) is 5.11 Å². The predicted molar refractivity (Wildman–Crippen MR) is 74.9 cm³/mol. The number of carbonyl (C=O) groups is 1. The molecule has 0 saturated carbocycles. The largest absolute Gasteiger partial charge is 0.478 e. The molecule has 2 rings (SSSR count). The number of nitrogens with zero attached hydrogens (tertiary/aromatic N) is 1. The summed E-state index contributed by atoms with van der Waals surface area (Å²) in [4.78, 5) is 15.1. The van der Waals surface area contributed by atoms with Crippen LogP contribution in [0.15, 0.2) is 42.6 Å². The number of benzene rings is 1. The molecule has 0 amide bonds.